The summed E-state index contributed by atoms with van der Waals surface area (Å²) in [5.41, 5.74) is -0.529. The van der Waals surface area contributed by atoms with E-state index < -0.39 is 32.9 Å². The largest absolute Gasteiger partial charge is 0.469 e. The van der Waals surface area contributed by atoms with Crippen molar-refractivity contribution in [2.45, 2.75) is 19.3 Å². The highest BCUT2D eigenvalue weighted by molar-refractivity contribution is 7.92. The summed E-state index contributed by atoms with van der Waals surface area (Å²) >= 11 is 0. The van der Waals surface area contributed by atoms with Crippen molar-refractivity contribution < 1.29 is 27.5 Å². The fourth-order valence-electron chi connectivity index (χ4n) is 1.99. The molecule has 1 aliphatic carbocycles. The van der Waals surface area contributed by atoms with Gasteiger partial charge in [0.15, 0.2) is 9.84 Å². The van der Waals surface area contributed by atoms with Gasteiger partial charge in [-0.05, 0) is 18.3 Å². The lowest BCUT2D eigenvalue weighted by Crippen LogP contribution is -2.35. The first-order valence-corrected chi connectivity index (χ1v) is 8.17. The second-order valence-corrected chi connectivity index (χ2v) is 7.19. The maximum absolute atomic E-state index is 12.0. The molecule has 0 bridgehead atoms. The molecule has 1 amide bonds. The average Bonchev–Trinajstić information content (AvgIpc) is 3.06. The Labute approximate surface area is 118 Å². The summed E-state index contributed by atoms with van der Waals surface area (Å²) in [5, 5.41) is 2.46. The van der Waals surface area contributed by atoms with Crippen molar-refractivity contribution in [2.75, 3.05) is 38.9 Å². The highest BCUT2D eigenvalue weighted by atomic mass is 32.2. The van der Waals surface area contributed by atoms with Crippen molar-refractivity contribution in [2.24, 2.45) is 5.41 Å². The minimum Gasteiger partial charge on any atom is -0.469 e. The third-order valence-electron chi connectivity index (χ3n) is 3.21. The lowest BCUT2D eigenvalue weighted by molar-refractivity contribution is -0.141. The average molecular weight is 307 g/mol. The standard InChI is InChI=1S/C12H21NO6S/c1-18-6-5-13-10(14)8-20(16,17)9-12(3-4-12)7-11(15)19-2/h3-9H2,1-2H3,(H,13,14). The van der Waals surface area contributed by atoms with E-state index in [1.165, 1.54) is 14.2 Å². The van der Waals surface area contributed by atoms with Gasteiger partial charge in [-0.2, -0.15) is 0 Å². The minimum absolute atomic E-state index is 0.0913. The Morgan fingerprint density at radius 2 is 1.90 bits per heavy atom. The van der Waals surface area contributed by atoms with Gasteiger partial charge >= 0.3 is 5.97 Å². The van der Waals surface area contributed by atoms with E-state index in [4.69, 9.17) is 4.74 Å². The second kappa shape index (κ2) is 7.03. The zero-order valence-electron chi connectivity index (χ0n) is 11.8. The van der Waals surface area contributed by atoms with Gasteiger partial charge in [-0.3, -0.25) is 9.59 Å². The monoisotopic (exact) mass is 307 g/mol. The van der Waals surface area contributed by atoms with Gasteiger partial charge in [0.25, 0.3) is 0 Å². The third-order valence-corrected chi connectivity index (χ3v) is 4.96. The SMILES string of the molecule is COCCNC(=O)CS(=O)(=O)CC1(CC(=O)OC)CC1. The van der Waals surface area contributed by atoms with Crippen LogP contribution in [0.25, 0.3) is 0 Å². The Morgan fingerprint density at radius 1 is 1.25 bits per heavy atom. The first-order valence-electron chi connectivity index (χ1n) is 6.35. The number of esters is 1. The van der Waals surface area contributed by atoms with Crippen LogP contribution in [0.1, 0.15) is 19.3 Å². The number of nitrogens with one attached hydrogen (secondary N) is 1. The van der Waals surface area contributed by atoms with E-state index in [0.717, 1.165) is 0 Å². The Hall–Kier alpha value is -1.15. The molecule has 0 atom stereocenters. The lowest BCUT2D eigenvalue weighted by Gasteiger charge is -2.13. The van der Waals surface area contributed by atoms with Crippen LogP contribution in [0.2, 0.25) is 0 Å². The molecule has 0 unspecified atom stereocenters. The number of carbonyl (C=O) groups is 2. The molecule has 0 aromatic rings. The summed E-state index contributed by atoms with van der Waals surface area (Å²) in [6.07, 6.45) is 1.44. The fourth-order valence-corrected chi connectivity index (χ4v) is 3.92. The Morgan fingerprint density at radius 3 is 2.40 bits per heavy atom. The molecule has 7 nitrogen and oxygen atoms in total. The van der Waals surface area contributed by atoms with Crippen molar-refractivity contribution in [3.63, 3.8) is 0 Å². The van der Waals surface area contributed by atoms with Crippen LogP contribution in [0.4, 0.5) is 0 Å². The van der Waals surface area contributed by atoms with E-state index in [9.17, 15) is 18.0 Å². The second-order valence-electron chi connectivity index (χ2n) is 5.13. The van der Waals surface area contributed by atoms with E-state index in [2.05, 4.69) is 10.1 Å². The van der Waals surface area contributed by atoms with Crippen molar-refractivity contribution in [1.29, 1.82) is 0 Å². The summed E-state index contributed by atoms with van der Waals surface area (Å²) in [4.78, 5) is 22.7. The van der Waals surface area contributed by atoms with Crippen LogP contribution in [0.5, 0.6) is 0 Å². The van der Waals surface area contributed by atoms with E-state index in [1.54, 1.807) is 0 Å². The molecule has 1 saturated carbocycles. The zero-order valence-corrected chi connectivity index (χ0v) is 12.6. The number of carbonyl (C=O) groups excluding carboxylic acids is 2. The van der Waals surface area contributed by atoms with Crippen molar-refractivity contribution >= 4 is 21.7 Å². The molecule has 8 heteroatoms. The number of sulfone groups is 1. The smallest absolute Gasteiger partial charge is 0.306 e. The lowest BCUT2D eigenvalue weighted by atomic mass is 10.1. The molecule has 20 heavy (non-hydrogen) atoms. The molecule has 1 fully saturated rings. The molecule has 0 saturated heterocycles. The molecule has 0 aromatic carbocycles. The van der Waals surface area contributed by atoms with E-state index >= 15 is 0 Å². The maximum Gasteiger partial charge on any atom is 0.306 e. The molecular weight excluding hydrogens is 286 g/mol. The molecular formula is C12H21NO6S. The van der Waals surface area contributed by atoms with Crippen molar-refractivity contribution in [1.82, 2.24) is 5.32 Å². The Kier molecular flexibility index (Phi) is 5.94. The quantitative estimate of drug-likeness (QED) is 0.456. The molecule has 0 spiro atoms. The van der Waals surface area contributed by atoms with Gasteiger partial charge in [-0.1, -0.05) is 0 Å². The number of amides is 1. The van der Waals surface area contributed by atoms with Crippen LogP contribution in [-0.4, -0.2) is 59.2 Å². The Balaban J connectivity index is 2.45. The van der Waals surface area contributed by atoms with Gasteiger partial charge in [0.05, 0.1) is 25.9 Å². The van der Waals surface area contributed by atoms with Gasteiger partial charge in [-0.15, -0.1) is 0 Å². The minimum atomic E-state index is -3.53. The first-order chi connectivity index (χ1) is 9.32. The van der Waals surface area contributed by atoms with Crippen LogP contribution in [0.15, 0.2) is 0 Å². The van der Waals surface area contributed by atoms with Gasteiger partial charge in [0.2, 0.25) is 5.91 Å². The predicted molar refractivity (Wildman–Crippen MR) is 71.8 cm³/mol. The van der Waals surface area contributed by atoms with E-state index in [1.807, 2.05) is 0 Å². The van der Waals surface area contributed by atoms with E-state index in [-0.39, 0.29) is 18.7 Å². The van der Waals surface area contributed by atoms with Gasteiger partial charge in [-0.25, -0.2) is 8.42 Å². The summed E-state index contributed by atoms with van der Waals surface area (Å²) in [7, 11) is -0.761. The molecule has 0 aromatic heterocycles. The number of hydrogen-bond acceptors (Lipinski definition) is 6. The summed E-state index contributed by atoms with van der Waals surface area (Å²) in [6, 6.07) is 0. The predicted octanol–water partition coefficient (Wildman–Crippen LogP) is -0.493. The summed E-state index contributed by atoms with van der Waals surface area (Å²) < 4.78 is 33.2. The molecule has 0 radical (unpaired) electrons. The Bertz CT molecular complexity index is 455. The third kappa shape index (κ3) is 5.87. The molecule has 0 aliphatic heterocycles. The topological polar surface area (TPSA) is 98.8 Å². The number of ether oxygens (including phenoxy) is 2. The van der Waals surface area contributed by atoms with Crippen LogP contribution in [-0.2, 0) is 28.9 Å². The fraction of sp³-hybridized carbons (Fsp3) is 0.833. The molecule has 0 heterocycles. The van der Waals surface area contributed by atoms with Gasteiger partial charge in [0.1, 0.15) is 5.75 Å². The molecule has 116 valence electrons. The maximum atomic E-state index is 12.0. The van der Waals surface area contributed by atoms with Gasteiger partial charge < -0.3 is 14.8 Å². The molecule has 1 rings (SSSR count). The summed E-state index contributed by atoms with van der Waals surface area (Å²) in [6.45, 7) is 0.607. The first kappa shape index (κ1) is 16.9. The van der Waals surface area contributed by atoms with Crippen LogP contribution in [0, 0.1) is 5.41 Å². The van der Waals surface area contributed by atoms with Crippen molar-refractivity contribution in [3.05, 3.63) is 0 Å². The van der Waals surface area contributed by atoms with Gasteiger partial charge in [0, 0.05) is 13.7 Å². The normalized spacial score (nSPS) is 16.5. The molecule has 1 N–H and O–H groups in total. The van der Waals surface area contributed by atoms with E-state index in [0.29, 0.717) is 19.4 Å². The number of methoxy groups -OCH3 is 2. The number of hydrogen-bond donors (Lipinski definition) is 1. The van der Waals surface area contributed by atoms with Crippen LogP contribution in [0.3, 0.4) is 0 Å². The zero-order chi connectivity index (χ0) is 15.2. The highest BCUT2D eigenvalue weighted by Crippen LogP contribution is 2.50. The number of rotatable bonds is 9. The molecule has 1 aliphatic rings. The summed E-state index contributed by atoms with van der Waals surface area (Å²) in [5.74, 6) is -1.66. The highest BCUT2D eigenvalue weighted by Gasteiger charge is 2.48. The van der Waals surface area contributed by atoms with Crippen molar-refractivity contribution in [3.8, 4) is 0 Å². The van der Waals surface area contributed by atoms with Crippen LogP contribution >= 0.6 is 0 Å². The van der Waals surface area contributed by atoms with Crippen LogP contribution < -0.4 is 5.32 Å².